The van der Waals surface area contributed by atoms with Crippen LogP contribution >= 0.6 is 0 Å². The maximum atomic E-state index is 12.1. The van der Waals surface area contributed by atoms with E-state index in [0.717, 1.165) is 38.8 Å². The second-order valence-electron chi connectivity index (χ2n) is 7.29. The van der Waals surface area contributed by atoms with Gasteiger partial charge in [-0.25, -0.2) is 4.79 Å². The predicted octanol–water partition coefficient (Wildman–Crippen LogP) is 2.65. The number of nitrogens with two attached hydrogens (primary N) is 1. The number of aryl methyl sites for hydroxylation is 1. The first-order chi connectivity index (χ1) is 10.8. The zero-order valence-electron chi connectivity index (χ0n) is 14.8. The van der Waals surface area contributed by atoms with Crippen LogP contribution in [0.3, 0.4) is 0 Å². The second kappa shape index (κ2) is 7.34. The largest absolute Gasteiger partial charge is 0.444 e. The first-order valence-corrected chi connectivity index (χ1v) is 8.53. The summed E-state index contributed by atoms with van der Waals surface area (Å²) in [5, 5.41) is 4.56. The lowest BCUT2D eigenvalue weighted by atomic mass is 10.0. The number of nitrogens with zero attached hydrogens (tertiary/aromatic N) is 3. The average molecular weight is 322 g/mol. The second-order valence-corrected chi connectivity index (χ2v) is 7.29. The van der Waals surface area contributed by atoms with E-state index in [-0.39, 0.29) is 6.09 Å². The number of carbonyl (C=O) groups excluding carboxylic acids is 1. The van der Waals surface area contributed by atoms with Crippen molar-refractivity contribution in [3.8, 4) is 0 Å². The molecule has 0 aromatic carbocycles. The normalized spacial score (nSPS) is 16.7. The minimum atomic E-state index is -0.440. The van der Waals surface area contributed by atoms with Crippen LogP contribution in [0, 0.1) is 6.92 Å². The van der Waals surface area contributed by atoms with E-state index in [2.05, 4.69) is 16.7 Å². The van der Waals surface area contributed by atoms with E-state index < -0.39 is 5.60 Å². The molecule has 0 bridgehead atoms. The average Bonchev–Trinajstić information content (AvgIpc) is 2.84. The Balaban J connectivity index is 1.92. The van der Waals surface area contributed by atoms with Crippen LogP contribution in [-0.4, -0.2) is 46.0 Å². The Labute approximate surface area is 139 Å². The third-order valence-electron chi connectivity index (χ3n) is 4.26. The molecular weight excluding hydrogens is 292 g/mol. The molecule has 6 heteroatoms. The fourth-order valence-corrected chi connectivity index (χ4v) is 2.98. The fraction of sp³-hybridized carbons (Fsp3) is 0.765. The molecule has 0 aliphatic carbocycles. The SMILES string of the molecule is Cc1c(CCCN)cnn1C1CCN(C(=O)OC(C)(C)C)CC1. The molecule has 0 radical (unpaired) electrons. The summed E-state index contributed by atoms with van der Waals surface area (Å²) in [6.07, 6.45) is 5.56. The molecule has 1 aliphatic rings. The highest BCUT2D eigenvalue weighted by Crippen LogP contribution is 2.26. The quantitative estimate of drug-likeness (QED) is 0.925. The molecule has 130 valence electrons. The van der Waals surface area contributed by atoms with Gasteiger partial charge in [0.1, 0.15) is 5.60 Å². The van der Waals surface area contributed by atoms with Gasteiger partial charge in [0.15, 0.2) is 0 Å². The predicted molar refractivity (Wildman–Crippen MR) is 90.4 cm³/mol. The van der Waals surface area contributed by atoms with Crippen LogP contribution < -0.4 is 5.73 Å². The Kier molecular flexibility index (Phi) is 5.68. The maximum absolute atomic E-state index is 12.1. The van der Waals surface area contributed by atoms with E-state index in [9.17, 15) is 4.79 Å². The topological polar surface area (TPSA) is 73.4 Å². The Bertz CT molecular complexity index is 525. The molecule has 23 heavy (non-hydrogen) atoms. The van der Waals surface area contributed by atoms with Gasteiger partial charge < -0.3 is 15.4 Å². The van der Waals surface area contributed by atoms with Crippen molar-refractivity contribution >= 4 is 6.09 Å². The van der Waals surface area contributed by atoms with Crippen molar-refractivity contribution < 1.29 is 9.53 Å². The zero-order valence-corrected chi connectivity index (χ0v) is 14.8. The van der Waals surface area contributed by atoms with Crippen molar-refractivity contribution in [3.63, 3.8) is 0 Å². The van der Waals surface area contributed by atoms with Crippen molar-refractivity contribution in [2.75, 3.05) is 19.6 Å². The van der Waals surface area contributed by atoms with Crippen molar-refractivity contribution in [1.82, 2.24) is 14.7 Å². The molecule has 2 N–H and O–H groups in total. The molecule has 1 fully saturated rings. The van der Waals surface area contributed by atoms with Crippen LogP contribution in [0.25, 0.3) is 0 Å². The van der Waals surface area contributed by atoms with E-state index in [0.29, 0.717) is 12.6 Å². The van der Waals surface area contributed by atoms with Gasteiger partial charge in [0.05, 0.1) is 12.2 Å². The highest BCUT2D eigenvalue weighted by molar-refractivity contribution is 5.68. The van der Waals surface area contributed by atoms with E-state index in [1.54, 1.807) is 4.90 Å². The van der Waals surface area contributed by atoms with E-state index in [1.807, 2.05) is 27.0 Å². The number of carbonyl (C=O) groups is 1. The van der Waals surface area contributed by atoms with Crippen molar-refractivity contribution in [2.24, 2.45) is 5.73 Å². The number of aromatic nitrogens is 2. The van der Waals surface area contributed by atoms with Gasteiger partial charge in [0, 0.05) is 18.8 Å². The summed E-state index contributed by atoms with van der Waals surface area (Å²) in [6.45, 7) is 9.96. The molecule has 1 aromatic heterocycles. The third kappa shape index (κ3) is 4.70. The summed E-state index contributed by atoms with van der Waals surface area (Å²) in [4.78, 5) is 13.9. The fourth-order valence-electron chi connectivity index (χ4n) is 2.98. The number of likely N-dealkylation sites (tertiary alicyclic amines) is 1. The highest BCUT2D eigenvalue weighted by atomic mass is 16.6. The van der Waals surface area contributed by atoms with Crippen LogP contribution in [0.4, 0.5) is 4.79 Å². The molecule has 0 atom stereocenters. The summed E-state index contributed by atoms with van der Waals surface area (Å²) in [7, 11) is 0. The molecule has 2 heterocycles. The zero-order chi connectivity index (χ0) is 17.0. The van der Waals surface area contributed by atoms with E-state index in [4.69, 9.17) is 10.5 Å². The Morgan fingerprint density at radius 1 is 1.39 bits per heavy atom. The van der Waals surface area contributed by atoms with Crippen molar-refractivity contribution in [2.45, 2.75) is 65.0 Å². The van der Waals surface area contributed by atoms with E-state index >= 15 is 0 Å². The summed E-state index contributed by atoms with van der Waals surface area (Å²) < 4.78 is 7.57. The third-order valence-corrected chi connectivity index (χ3v) is 4.26. The number of rotatable bonds is 4. The molecule has 2 rings (SSSR count). The number of piperidine rings is 1. The molecule has 0 spiro atoms. The maximum Gasteiger partial charge on any atom is 0.410 e. The number of amides is 1. The van der Waals surface area contributed by atoms with Crippen LogP contribution in [-0.2, 0) is 11.2 Å². The standard InChI is InChI=1S/C17H30N4O2/c1-13-14(6-5-9-18)12-19-21(13)15-7-10-20(11-8-15)16(22)23-17(2,3)4/h12,15H,5-11,18H2,1-4H3. The lowest BCUT2D eigenvalue weighted by Crippen LogP contribution is -2.42. The van der Waals surface area contributed by atoms with Crippen LogP contribution in [0.1, 0.15) is 57.3 Å². The number of hydrogen-bond acceptors (Lipinski definition) is 4. The highest BCUT2D eigenvalue weighted by Gasteiger charge is 2.28. The first-order valence-electron chi connectivity index (χ1n) is 8.53. The Hall–Kier alpha value is -1.56. The van der Waals surface area contributed by atoms with Gasteiger partial charge >= 0.3 is 6.09 Å². The molecule has 1 saturated heterocycles. The Morgan fingerprint density at radius 2 is 2.04 bits per heavy atom. The van der Waals surface area contributed by atoms with Gasteiger partial charge in [0.25, 0.3) is 0 Å². The van der Waals surface area contributed by atoms with Crippen LogP contribution in [0.15, 0.2) is 6.20 Å². The lowest BCUT2D eigenvalue weighted by molar-refractivity contribution is 0.0184. The molecule has 1 amide bonds. The van der Waals surface area contributed by atoms with Gasteiger partial charge in [-0.3, -0.25) is 4.68 Å². The molecule has 0 unspecified atom stereocenters. The van der Waals surface area contributed by atoms with Crippen LogP contribution in [0.2, 0.25) is 0 Å². The number of ether oxygens (including phenoxy) is 1. The van der Waals surface area contributed by atoms with Crippen LogP contribution in [0.5, 0.6) is 0 Å². The van der Waals surface area contributed by atoms with Gasteiger partial charge in [-0.05, 0) is 65.5 Å². The van der Waals surface area contributed by atoms with Gasteiger partial charge in [0.2, 0.25) is 0 Å². The van der Waals surface area contributed by atoms with Crippen molar-refractivity contribution in [3.05, 3.63) is 17.5 Å². The molecule has 6 nitrogen and oxygen atoms in total. The minimum absolute atomic E-state index is 0.211. The summed E-state index contributed by atoms with van der Waals surface area (Å²) in [5.41, 5.74) is 7.66. The molecule has 1 aliphatic heterocycles. The van der Waals surface area contributed by atoms with Gasteiger partial charge in [-0.15, -0.1) is 0 Å². The molecule has 1 aromatic rings. The smallest absolute Gasteiger partial charge is 0.410 e. The molecular formula is C17H30N4O2. The number of hydrogen-bond donors (Lipinski definition) is 1. The molecule has 0 saturated carbocycles. The van der Waals surface area contributed by atoms with Gasteiger partial charge in [-0.1, -0.05) is 0 Å². The van der Waals surface area contributed by atoms with Gasteiger partial charge in [-0.2, -0.15) is 5.10 Å². The minimum Gasteiger partial charge on any atom is -0.444 e. The lowest BCUT2D eigenvalue weighted by Gasteiger charge is -2.34. The summed E-state index contributed by atoms with van der Waals surface area (Å²) in [6, 6.07) is 0.361. The van der Waals surface area contributed by atoms with E-state index in [1.165, 1.54) is 11.3 Å². The summed E-state index contributed by atoms with van der Waals surface area (Å²) in [5.74, 6) is 0. The first kappa shape index (κ1) is 17.8. The summed E-state index contributed by atoms with van der Waals surface area (Å²) >= 11 is 0. The Morgan fingerprint density at radius 3 is 2.61 bits per heavy atom. The van der Waals surface area contributed by atoms with Crippen molar-refractivity contribution in [1.29, 1.82) is 0 Å². The monoisotopic (exact) mass is 322 g/mol.